The summed E-state index contributed by atoms with van der Waals surface area (Å²) in [5.74, 6) is 0.327. The molecule has 0 aromatic heterocycles. The molecule has 0 bridgehead atoms. The minimum absolute atomic E-state index is 0.130. The summed E-state index contributed by atoms with van der Waals surface area (Å²) in [6, 6.07) is 7.37. The number of nitrogens with one attached hydrogen (secondary N) is 1. The Kier molecular flexibility index (Phi) is 5.41. The number of piperidine rings is 1. The first-order chi connectivity index (χ1) is 9.70. The van der Waals surface area contributed by atoms with Crippen LogP contribution in [0.5, 0.6) is 5.75 Å². The molecule has 2 N–H and O–H groups in total. The molecule has 1 amide bonds. The monoisotopic (exact) mass is 276 g/mol. The van der Waals surface area contributed by atoms with E-state index in [1.165, 1.54) is 19.3 Å². The van der Waals surface area contributed by atoms with E-state index in [0.717, 1.165) is 18.7 Å². The number of aromatic hydroxyl groups is 1. The summed E-state index contributed by atoms with van der Waals surface area (Å²) in [7, 11) is 0. The van der Waals surface area contributed by atoms with Crippen molar-refractivity contribution >= 4 is 11.6 Å². The predicted octanol–water partition coefficient (Wildman–Crippen LogP) is 2.67. The maximum atomic E-state index is 12.3. The van der Waals surface area contributed by atoms with Gasteiger partial charge >= 0.3 is 0 Å². The minimum Gasteiger partial charge on any atom is -0.508 e. The Morgan fingerprint density at radius 1 is 1.45 bits per heavy atom. The third kappa shape index (κ3) is 3.97. The van der Waals surface area contributed by atoms with Crippen LogP contribution in [0.2, 0.25) is 0 Å². The molecule has 1 heterocycles. The van der Waals surface area contributed by atoms with Crippen LogP contribution in [0.4, 0.5) is 5.69 Å². The highest BCUT2D eigenvalue weighted by molar-refractivity contribution is 5.93. The lowest BCUT2D eigenvalue weighted by atomic mass is 10.0. The van der Waals surface area contributed by atoms with Crippen LogP contribution in [-0.4, -0.2) is 30.1 Å². The molecule has 4 heteroatoms. The summed E-state index contributed by atoms with van der Waals surface area (Å²) in [5.41, 5.74) is 0.772. The highest BCUT2D eigenvalue weighted by Gasteiger charge is 2.18. The summed E-state index contributed by atoms with van der Waals surface area (Å²) in [4.78, 5) is 14.1. The van der Waals surface area contributed by atoms with Gasteiger partial charge in [-0.2, -0.15) is 0 Å². The Hall–Kier alpha value is -1.55. The Balaban J connectivity index is 1.91. The average molecular weight is 276 g/mol. The van der Waals surface area contributed by atoms with Gasteiger partial charge in [0.2, 0.25) is 5.91 Å². The fraction of sp³-hybridized carbons (Fsp3) is 0.562. The van der Waals surface area contributed by atoms with Gasteiger partial charge in [0.15, 0.2) is 0 Å². The molecule has 2 rings (SSSR count). The van der Waals surface area contributed by atoms with Crippen molar-refractivity contribution in [1.82, 2.24) is 5.32 Å². The lowest BCUT2D eigenvalue weighted by Crippen LogP contribution is -2.36. The molecule has 0 spiro atoms. The van der Waals surface area contributed by atoms with Gasteiger partial charge in [-0.1, -0.05) is 12.5 Å². The zero-order valence-electron chi connectivity index (χ0n) is 12.1. The number of carbonyl (C=O) groups is 1. The molecule has 1 unspecified atom stereocenters. The van der Waals surface area contributed by atoms with E-state index >= 15 is 0 Å². The van der Waals surface area contributed by atoms with E-state index in [1.807, 2.05) is 13.0 Å². The molecular weight excluding hydrogens is 252 g/mol. The second kappa shape index (κ2) is 7.29. The number of benzene rings is 1. The van der Waals surface area contributed by atoms with Gasteiger partial charge in [0.25, 0.3) is 0 Å². The number of rotatable bonds is 5. The summed E-state index contributed by atoms with van der Waals surface area (Å²) in [5, 5.41) is 13.0. The number of hydrogen-bond donors (Lipinski definition) is 2. The molecule has 110 valence electrons. The number of phenolic OH excluding ortho intramolecular Hbond substituents is 1. The normalized spacial score (nSPS) is 18.8. The summed E-state index contributed by atoms with van der Waals surface area (Å²) in [6.07, 6.45) is 5.13. The van der Waals surface area contributed by atoms with Crippen molar-refractivity contribution in [3.63, 3.8) is 0 Å². The van der Waals surface area contributed by atoms with E-state index in [2.05, 4.69) is 5.32 Å². The highest BCUT2D eigenvalue weighted by Crippen LogP contribution is 2.21. The molecule has 0 aliphatic carbocycles. The fourth-order valence-electron chi connectivity index (χ4n) is 2.77. The van der Waals surface area contributed by atoms with Crippen LogP contribution in [0.25, 0.3) is 0 Å². The molecule has 1 aliphatic heterocycles. The predicted molar refractivity (Wildman–Crippen MR) is 81.0 cm³/mol. The van der Waals surface area contributed by atoms with Gasteiger partial charge in [-0.25, -0.2) is 0 Å². The van der Waals surface area contributed by atoms with Gasteiger partial charge in [-0.05, 0) is 44.9 Å². The number of hydrogen-bond acceptors (Lipinski definition) is 3. The molecule has 1 aromatic carbocycles. The zero-order valence-corrected chi connectivity index (χ0v) is 12.1. The van der Waals surface area contributed by atoms with Crippen LogP contribution in [0, 0.1) is 0 Å². The van der Waals surface area contributed by atoms with Crippen LogP contribution >= 0.6 is 0 Å². The molecule has 1 saturated heterocycles. The van der Waals surface area contributed by atoms with Crippen molar-refractivity contribution in [1.29, 1.82) is 0 Å². The van der Waals surface area contributed by atoms with E-state index in [9.17, 15) is 9.90 Å². The quantitative estimate of drug-likeness (QED) is 0.869. The zero-order chi connectivity index (χ0) is 14.4. The van der Waals surface area contributed by atoms with E-state index in [4.69, 9.17) is 0 Å². The number of anilines is 1. The first-order valence-corrected chi connectivity index (χ1v) is 7.53. The van der Waals surface area contributed by atoms with Crippen molar-refractivity contribution in [3.05, 3.63) is 24.3 Å². The average Bonchev–Trinajstić information content (AvgIpc) is 2.47. The Labute approximate surface area is 120 Å². The van der Waals surface area contributed by atoms with Crippen LogP contribution in [-0.2, 0) is 4.79 Å². The topological polar surface area (TPSA) is 52.6 Å². The Bertz CT molecular complexity index is 442. The molecule has 0 radical (unpaired) electrons. The SMILES string of the molecule is CCN(C(=O)CCC1CCCCN1)c1cccc(O)c1. The van der Waals surface area contributed by atoms with Crippen molar-refractivity contribution in [2.24, 2.45) is 0 Å². The highest BCUT2D eigenvalue weighted by atomic mass is 16.3. The summed E-state index contributed by atoms with van der Waals surface area (Å²) in [6.45, 7) is 3.66. The van der Waals surface area contributed by atoms with Gasteiger partial charge in [-0.15, -0.1) is 0 Å². The van der Waals surface area contributed by atoms with Crippen LogP contribution in [0.15, 0.2) is 24.3 Å². The van der Waals surface area contributed by atoms with E-state index in [-0.39, 0.29) is 11.7 Å². The first-order valence-electron chi connectivity index (χ1n) is 7.53. The molecule has 20 heavy (non-hydrogen) atoms. The molecule has 0 saturated carbocycles. The smallest absolute Gasteiger partial charge is 0.227 e. The van der Waals surface area contributed by atoms with Gasteiger partial charge in [0.05, 0.1) is 0 Å². The molecule has 4 nitrogen and oxygen atoms in total. The third-order valence-corrected chi connectivity index (χ3v) is 3.88. The van der Waals surface area contributed by atoms with Gasteiger partial charge in [0, 0.05) is 30.8 Å². The Morgan fingerprint density at radius 3 is 2.95 bits per heavy atom. The van der Waals surface area contributed by atoms with Crippen LogP contribution < -0.4 is 10.2 Å². The maximum Gasteiger partial charge on any atom is 0.227 e. The molecular formula is C16H24N2O2. The van der Waals surface area contributed by atoms with Crippen molar-refractivity contribution < 1.29 is 9.90 Å². The Morgan fingerprint density at radius 2 is 2.30 bits per heavy atom. The summed E-state index contributed by atoms with van der Waals surface area (Å²) >= 11 is 0. The number of carbonyl (C=O) groups excluding carboxylic acids is 1. The second-order valence-corrected chi connectivity index (χ2v) is 5.34. The first kappa shape index (κ1) is 14.9. The maximum absolute atomic E-state index is 12.3. The fourth-order valence-corrected chi connectivity index (χ4v) is 2.77. The number of nitrogens with zero attached hydrogens (tertiary/aromatic N) is 1. The van der Waals surface area contributed by atoms with Gasteiger partial charge < -0.3 is 15.3 Å². The van der Waals surface area contributed by atoms with Crippen molar-refractivity contribution in [3.8, 4) is 5.75 Å². The number of amides is 1. The number of phenols is 1. The van der Waals surface area contributed by atoms with E-state index in [1.54, 1.807) is 23.1 Å². The molecule has 1 fully saturated rings. The van der Waals surface area contributed by atoms with Crippen molar-refractivity contribution in [2.75, 3.05) is 18.0 Å². The standard InChI is InChI=1S/C16H24N2O2/c1-2-18(14-7-5-8-15(19)12-14)16(20)10-9-13-6-3-4-11-17-13/h5,7-8,12-13,17,19H,2-4,6,9-11H2,1H3. The van der Waals surface area contributed by atoms with Crippen molar-refractivity contribution in [2.45, 2.75) is 45.1 Å². The molecule has 1 aromatic rings. The van der Waals surface area contributed by atoms with E-state index in [0.29, 0.717) is 19.0 Å². The van der Waals surface area contributed by atoms with Gasteiger partial charge in [0.1, 0.15) is 5.75 Å². The second-order valence-electron chi connectivity index (χ2n) is 5.34. The third-order valence-electron chi connectivity index (χ3n) is 3.88. The van der Waals surface area contributed by atoms with Gasteiger partial charge in [-0.3, -0.25) is 4.79 Å². The lowest BCUT2D eigenvalue weighted by molar-refractivity contribution is -0.118. The van der Waals surface area contributed by atoms with E-state index < -0.39 is 0 Å². The lowest BCUT2D eigenvalue weighted by Gasteiger charge is -2.25. The molecule has 1 atom stereocenters. The largest absolute Gasteiger partial charge is 0.508 e. The van der Waals surface area contributed by atoms with Crippen LogP contribution in [0.3, 0.4) is 0 Å². The van der Waals surface area contributed by atoms with Crippen LogP contribution in [0.1, 0.15) is 39.0 Å². The molecule has 1 aliphatic rings. The summed E-state index contributed by atoms with van der Waals surface area (Å²) < 4.78 is 0. The minimum atomic E-state index is 0.130.